The lowest BCUT2D eigenvalue weighted by molar-refractivity contribution is -0.134. The topological polar surface area (TPSA) is 67.9 Å². The molecular weight excluding hydrogens is 460 g/mol. The van der Waals surface area contributed by atoms with Crippen LogP contribution < -0.4 is 14.8 Å². The highest BCUT2D eigenvalue weighted by Gasteiger charge is 2.20. The third kappa shape index (κ3) is 7.28. The molecule has 0 spiro atoms. The van der Waals surface area contributed by atoms with Gasteiger partial charge in [0, 0.05) is 16.7 Å². The molecule has 0 bridgehead atoms. The Morgan fingerprint density at radius 3 is 2.29 bits per heavy atom. The van der Waals surface area contributed by atoms with Crippen LogP contribution in [0.5, 0.6) is 11.5 Å². The Morgan fingerprint density at radius 1 is 1.03 bits per heavy atom. The molecule has 0 fully saturated rings. The fourth-order valence-corrected chi connectivity index (χ4v) is 3.62. The number of hydrogen-bond acceptors (Lipinski definition) is 4. The Kier molecular flexibility index (Phi) is 9.85. The first-order chi connectivity index (χ1) is 14.9. The second-order valence-electron chi connectivity index (χ2n) is 7.11. The number of hydrogen-bond donors (Lipinski definition) is 1. The van der Waals surface area contributed by atoms with E-state index in [-0.39, 0.29) is 24.8 Å². The molecule has 168 valence electrons. The molecule has 0 aliphatic carbocycles. The number of para-hydroxylation sites is 1. The molecule has 2 aromatic carbocycles. The molecule has 1 N–H and O–H groups in total. The van der Waals surface area contributed by atoms with E-state index in [2.05, 4.69) is 21.2 Å². The number of nitrogens with zero attached hydrogens (tertiary/aromatic N) is 1. The van der Waals surface area contributed by atoms with E-state index in [9.17, 15) is 9.59 Å². The number of amides is 2. The van der Waals surface area contributed by atoms with E-state index in [0.29, 0.717) is 31.3 Å². The van der Waals surface area contributed by atoms with Crippen molar-refractivity contribution in [2.24, 2.45) is 0 Å². The highest BCUT2D eigenvalue weighted by atomic mass is 79.9. The molecule has 0 saturated carbocycles. The second-order valence-corrected chi connectivity index (χ2v) is 7.97. The van der Waals surface area contributed by atoms with Crippen LogP contribution in [0.1, 0.15) is 38.3 Å². The quantitative estimate of drug-likeness (QED) is 0.482. The average Bonchev–Trinajstić information content (AvgIpc) is 2.73. The molecule has 0 aromatic heterocycles. The highest BCUT2D eigenvalue weighted by Crippen LogP contribution is 2.34. The smallest absolute Gasteiger partial charge is 0.244 e. The van der Waals surface area contributed by atoms with Gasteiger partial charge in [-0.25, -0.2) is 0 Å². The van der Waals surface area contributed by atoms with Gasteiger partial charge < -0.3 is 19.7 Å². The monoisotopic (exact) mass is 490 g/mol. The van der Waals surface area contributed by atoms with Gasteiger partial charge in [0.1, 0.15) is 0 Å². The Labute approximate surface area is 193 Å². The average molecular weight is 491 g/mol. The summed E-state index contributed by atoms with van der Waals surface area (Å²) in [6.45, 7) is 9.26. The maximum atomic E-state index is 13.0. The van der Waals surface area contributed by atoms with Crippen molar-refractivity contribution in [3.05, 3.63) is 52.0 Å². The number of benzene rings is 2. The largest absolute Gasteiger partial charge is 0.490 e. The normalized spacial score (nSPS) is 10.5. The summed E-state index contributed by atoms with van der Waals surface area (Å²) in [6.07, 6.45) is 0.919. The van der Waals surface area contributed by atoms with Crippen molar-refractivity contribution in [1.82, 2.24) is 4.90 Å². The van der Waals surface area contributed by atoms with E-state index in [1.807, 2.05) is 64.1 Å². The summed E-state index contributed by atoms with van der Waals surface area (Å²) in [6, 6.07) is 11.2. The molecule has 0 unspecified atom stereocenters. The Balaban J connectivity index is 2.13. The van der Waals surface area contributed by atoms with Gasteiger partial charge in [-0.2, -0.15) is 0 Å². The maximum absolute atomic E-state index is 13.0. The van der Waals surface area contributed by atoms with Gasteiger partial charge in [0.15, 0.2) is 11.5 Å². The van der Waals surface area contributed by atoms with Crippen molar-refractivity contribution in [3.8, 4) is 11.5 Å². The van der Waals surface area contributed by atoms with Crippen LogP contribution in [0.4, 0.5) is 5.69 Å². The summed E-state index contributed by atoms with van der Waals surface area (Å²) in [4.78, 5) is 27.2. The molecule has 0 aliphatic rings. The van der Waals surface area contributed by atoms with Crippen molar-refractivity contribution >= 4 is 33.4 Å². The number of carbonyl (C=O) groups excluding carboxylic acids is 2. The number of anilines is 1. The van der Waals surface area contributed by atoms with Crippen LogP contribution in [0.15, 0.2) is 40.9 Å². The number of aryl methyl sites for hydroxylation is 1. The van der Waals surface area contributed by atoms with Crippen molar-refractivity contribution in [3.63, 3.8) is 0 Å². The van der Waals surface area contributed by atoms with Gasteiger partial charge in [-0.15, -0.1) is 0 Å². The Hall–Kier alpha value is -2.54. The summed E-state index contributed by atoms with van der Waals surface area (Å²) in [5.74, 6) is 0.913. The highest BCUT2D eigenvalue weighted by molar-refractivity contribution is 9.10. The number of ether oxygens (including phenoxy) is 2. The molecule has 6 nitrogen and oxygen atoms in total. The van der Waals surface area contributed by atoms with Gasteiger partial charge in [-0.1, -0.05) is 41.1 Å². The van der Waals surface area contributed by atoms with Crippen LogP contribution in [-0.2, 0) is 16.0 Å². The molecule has 0 aliphatic heterocycles. The Bertz CT molecular complexity index is 901. The number of carbonyl (C=O) groups is 2. The van der Waals surface area contributed by atoms with E-state index >= 15 is 0 Å². The predicted molar refractivity (Wildman–Crippen MR) is 127 cm³/mol. The van der Waals surface area contributed by atoms with Crippen LogP contribution in [-0.4, -0.2) is 43.0 Å². The van der Waals surface area contributed by atoms with E-state index < -0.39 is 0 Å². The summed E-state index contributed by atoms with van der Waals surface area (Å²) < 4.78 is 12.1. The van der Waals surface area contributed by atoms with Crippen LogP contribution >= 0.6 is 15.9 Å². The van der Waals surface area contributed by atoms with E-state index in [4.69, 9.17) is 9.47 Å². The molecule has 7 heteroatoms. The molecule has 0 heterocycles. The van der Waals surface area contributed by atoms with Gasteiger partial charge in [0.05, 0.1) is 26.2 Å². The molecule has 2 aromatic rings. The summed E-state index contributed by atoms with van der Waals surface area (Å²) in [5, 5.41) is 2.90. The zero-order chi connectivity index (χ0) is 22.8. The molecule has 2 rings (SSSR count). The summed E-state index contributed by atoms with van der Waals surface area (Å²) in [5.41, 5.74) is 2.52. The van der Waals surface area contributed by atoms with Crippen LogP contribution in [0.2, 0.25) is 0 Å². The maximum Gasteiger partial charge on any atom is 0.244 e. The van der Waals surface area contributed by atoms with Crippen LogP contribution in [0.3, 0.4) is 0 Å². The number of nitrogens with one attached hydrogen (secondary N) is 1. The zero-order valence-electron chi connectivity index (χ0n) is 18.7. The molecule has 2 amide bonds. The lowest BCUT2D eigenvalue weighted by Crippen LogP contribution is -2.39. The Morgan fingerprint density at radius 2 is 1.68 bits per heavy atom. The standard InChI is InChI=1S/C24H31BrN2O4/c1-5-12-27(16-23(28)26-20-11-9-8-10-17(20)4)24(29)14-18-13-21(30-6-2)22(31-7-3)15-19(18)25/h8-11,13,15H,5-7,12,14,16H2,1-4H3,(H,26,28). The minimum atomic E-state index is -0.211. The number of rotatable bonds is 11. The first kappa shape index (κ1) is 24.7. The van der Waals surface area contributed by atoms with Crippen molar-refractivity contribution in [2.45, 2.75) is 40.5 Å². The van der Waals surface area contributed by atoms with Gasteiger partial charge in [0.2, 0.25) is 11.8 Å². The minimum Gasteiger partial charge on any atom is -0.490 e. The van der Waals surface area contributed by atoms with E-state index in [1.165, 1.54) is 0 Å². The summed E-state index contributed by atoms with van der Waals surface area (Å²) >= 11 is 3.54. The van der Waals surface area contributed by atoms with Crippen LogP contribution in [0, 0.1) is 6.92 Å². The van der Waals surface area contributed by atoms with E-state index in [1.54, 1.807) is 4.90 Å². The zero-order valence-corrected chi connectivity index (χ0v) is 20.3. The van der Waals surface area contributed by atoms with Gasteiger partial charge in [-0.05, 0) is 56.5 Å². The third-order valence-electron chi connectivity index (χ3n) is 4.65. The van der Waals surface area contributed by atoms with Crippen LogP contribution in [0.25, 0.3) is 0 Å². The third-order valence-corrected chi connectivity index (χ3v) is 5.39. The second kappa shape index (κ2) is 12.3. The fourth-order valence-electron chi connectivity index (χ4n) is 3.16. The fraction of sp³-hybridized carbons (Fsp3) is 0.417. The molecule has 31 heavy (non-hydrogen) atoms. The molecule has 0 saturated heterocycles. The first-order valence-corrected chi connectivity index (χ1v) is 11.4. The predicted octanol–water partition coefficient (Wildman–Crippen LogP) is 4.97. The summed E-state index contributed by atoms with van der Waals surface area (Å²) in [7, 11) is 0. The minimum absolute atomic E-state index is 0.00791. The van der Waals surface area contributed by atoms with E-state index in [0.717, 1.165) is 27.7 Å². The van der Waals surface area contributed by atoms with Crippen molar-refractivity contribution in [1.29, 1.82) is 0 Å². The number of halogens is 1. The van der Waals surface area contributed by atoms with Gasteiger partial charge in [0.25, 0.3) is 0 Å². The lowest BCUT2D eigenvalue weighted by Gasteiger charge is -2.22. The van der Waals surface area contributed by atoms with Crippen molar-refractivity contribution < 1.29 is 19.1 Å². The molecule has 0 atom stereocenters. The van der Waals surface area contributed by atoms with Gasteiger partial charge in [-0.3, -0.25) is 9.59 Å². The van der Waals surface area contributed by atoms with Gasteiger partial charge >= 0.3 is 0 Å². The molecule has 0 radical (unpaired) electrons. The SMILES string of the molecule is CCCN(CC(=O)Nc1ccccc1C)C(=O)Cc1cc(OCC)c(OCC)cc1Br. The van der Waals surface area contributed by atoms with Crippen molar-refractivity contribution in [2.75, 3.05) is 31.6 Å². The first-order valence-electron chi connectivity index (χ1n) is 10.6. The molecular formula is C24H31BrN2O4. The lowest BCUT2D eigenvalue weighted by atomic mass is 10.1.